The molecule has 1 aromatic heterocycles. The van der Waals surface area contributed by atoms with Crippen LogP contribution in [-0.2, 0) is 27.1 Å². The molecule has 3 aromatic rings. The van der Waals surface area contributed by atoms with Crippen molar-refractivity contribution in [3.8, 4) is 11.4 Å². The van der Waals surface area contributed by atoms with E-state index in [2.05, 4.69) is 33.4 Å². The highest BCUT2D eigenvalue weighted by Gasteiger charge is 2.15. The summed E-state index contributed by atoms with van der Waals surface area (Å²) in [4.78, 5) is 15.7. The maximum absolute atomic E-state index is 12.3. The lowest BCUT2D eigenvalue weighted by Crippen LogP contribution is -2.24. The highest BCUT2D eigenvalue weighted by molar-refractivity contribution is 7.88. The molecule has 0 radical (unpaired) electrons. The van der Waals surface area contributed by atoms with Crippen molar-refractivity contribution in [2.45, 2.75) is 32.1 Å². The average Bonchev–Trinajstić information content (AvgIpc) is 3.21. The molecule has 0 aliphatic rings. The zero-order valence-electron chi connectivity index (χ0n) is 17.0. The largest absolute Gasteiger partial charge is 0.465 e. The molecule has 30 heavy (non-hydrogen) atoms. The first-order chi connectivity index (χ1) is 14.3. The third-order valence-electron chi connectivity index (χ3n) is 4.48. The van der Waals surface area contributed by atoms with Gasteiger partial charge in [0.25, 0.3) is 0 Å². The molecule has 0 bridgehead atoms. The summed E-state index contributed by atoms with van der Waals surface area (Å²) < 4.78 is 36.9. The zero-order valence-corrected chi connectivity index (χ0v) is 17.8. The minimum absolute atomic E-state index is 0.111. The summed E-state index contributed by atoms with van der Waals surface area (Å²) >= 11 is 0. The van der Waals surface area contributed by atoms with E-state index < -0.39 is 16.0 Å². The maximum atomic E-state index is 12.3. The van der Waals surface area contributed by atoms with Gasteiger partial charge in [-0.1, -0.05) is 55.4 Å². The van der Waals surface area contributed by atoms with Crippen LogP contribution in [0.15, 0.2) is 53.1 Å². The van der Waals surface area contributed by atoms with Crippen LogP contribution in [0.25, 0.3) is 11.4 Å². The number of hydrogen-bond donors (Lipinski definition) is 1. The summed E-state index contributed by atoms with van der Waals surface area (Å²) in [5.41, 5.74) is 2.89. The number of nitrogens with one attached hydrogen (secondary N) is 1. The Morgan fingerprint density at radius 1 is 1.10 bits per heavy atom. The Balaban J connectivity index is 1.60. The molecule has 0 fully saturated rings. The lowest BCUT2D eigenvalue weighted by atomic mass is 10.0. The minimum atomic E-state index is -3.64. The second-order valence-corrected chi connectivity index (χ2v) is 8.86. The van der Waals surface area contributed by atoms with E-state index in [0.717, 1.165) is 5.56 Å². The molecule has 0 spiro atoms. The van der Waals surface area contributed by atoms with Crippen molar-refractivity contribution in [2.24, 2.45) is 0 Å². The molecule has 0 saturated heterocycles. The highest BCUT2D eigenvalue weighted by atomic mass is 32.2. The second kappa shape index (κ2) is 9.19. The van der Waals surface area contributed by atoms with Crippen molar-refractivity contribution >= 4 is 16.0 Å². The number of benzene rings is 2. The van der Waals surface area contributed by atoms with Crippen LogP contribution in [0.1, 0.15) is 47.1 Å². The van der Waals surface area contributed by atoms with Gasteiger partial charge in [0.2, 0.25) is 21.7 Å². The first-order valence-corrected chi connectivity index (χ1v) is 11.0. The van der Waals surface area contributed by atoms with E-state index in [1.54, 1.807) is 12.1 Å². The van der Waals surface area contributed by atoms with Gasteiger partial charge in [0.05, 0.1) is 25.0 Å². The average molecular weight is 429 g/mol. The normalized spacial score (nSPS) is 11.6. The number of rotatable bonds is 8. The van der Waals surface area contributed by atoms with E-state index in [4.69, 9.17) is 4.52 Å². The van der Waals surface area contributed by atoms with Crippen molar-refractivity contribution in [1.29, 1.82) is 0 Å². The van der Waals surface area contributed by atoms with Crippen LogP contribution in [0.3, 0.4) is 0 Å². The summed E-state index contributed by atoms with van der Waals surface area (Å²) in [5.74, 6) is 0.270. The number of sulfonamides is 1. The van der Waals surface area contributed by atoms with E-state index in [1.165, 1.54) is 24.8 Å². The fraction of sp³-hybridized carbons (Fsp3) is 0.286. The van der Waals surface area contributed by atoms with Gasteiger partial charge in [-0.05, 0) is 29.2 Å². The van der Waals surface area contributed by atoms with Crippen LogP contribution in [0.4, 0.5) is 0 Å². The third-order valence-corrected chi connectivity index (χ3v) is 5.78. The van der Waals surface area contributed by atoms with Crippen LogP contribution in [0, 0.1) is 0 Å². The second-order valence-electron chi connectivity index (χ2n) is 7.06. The molecule has 0 unspecified atom stereocenters. The number of aromatic nitrogens is 2. The summed E-state index contributed by atoms with van der Waals surface area (Å²) in [5, 5.41) is 3.92. The molecular formula is C21H23N3O5S. The summed E-state index contributed by atoms with van der Waals surface area (Å²) in [6, 6.07) is 14.0. The zero-order chi connectivity index (χ0) is 21.7. The molecular weight excluding hydrogens is 406 g/mol. The van der Waals surface area contributed by atoms with Crippen molar-refractivity contribution in [3.05, 3.63) is 71.1 Å². The number of nitrogens with zero attached hydrogens (tertiary/aromatic N) is 2. The van der Waals surface area contributed by atoms with Crippen LogP contribution in [0.5, 0.6) is 0 Å². The van der Waals surface area contributed by atoms with Gasteiger partial charge in [-0.15, -0.1) is 0 Å². The van der Waals surface area contributed by atoms with Crippen LogP contribution < -0.4 is 4.72 Å². The van der Waals surface area contributed by atoms with Crippen molar-refractivity contribution in [2.75, 3.05) is 7.11 Å². The van der Waals surface area contributed by atoms with Crippen molar-refractivity contribution in [3.63, 3.8) is 0 Å². The van der Waals surface area contributed by atoms with Gasteiger partial charge >= 0.3 is 5.97 Å². The molecule has 0 amide bonds. The fourth-order valence-electron chi connectivity index (χ4n) is 2.76. The van der Waals surface area contributed by atoms with Gasteiger partial charge < -0.3 is 9.26 Å². The van der Waals surface area contributed by atoms with Gasteiger partial charge in [0.1, 0.15) is 0 Å². The van der Waals surface area contributed by atoms with Gasteiger partial charge in [-0.2, -0.15) is 4.98 Å². The Kier molecular flexibility index (Phi) is 6.63. The van der Waals surface area contributed by atoms with Crippen molar-refractivity contribution < 1.29 is 22.5 Å². The van der Waals surface area contributed by atoms with E-state index in [1.807, 2.05) is 24.3 Å². The summed E-state index contributed by atoms with van der Waals surface area (Å²) in [7, 11) is -2.35. The lowest BCUT2D eigenvalue weighted by Gasteiger charge is -2.06. The standard InChI is InChI=1S/C21H23N3O5S/c1-14(2)16-8-10-17(11-9-16)20-23-19(29-24-20)12-22-30(26,27)13-15-4-6-18(7-5-15)21(25)28-3/h4-11,14,22H,12-13H2,1-3H3. The van der Waals surface area contributed by atoms with Crippen LogP contribution in [0.2, 0.25) is 0 Å². The SMILES string of the molecule is COC(=O)c1ccc(CS(=O)(=O)NCc2nc(-c3ccc(C(C)C)cc3)no2)cc1. The summed E-state index contributed by atoms with van der Waals surface area (Å²) in [6.45, 7) is 4.11. The minimum Gasteiger partial charge on any atom is -0.465 e. The Labute approximate surface area is 175 Å². The van der Waals surface area contributed by atoms with Crippen LogP contribution >= 0.6 is 0 Å². The van der Waals surface area contributed by atoms with E-state index in [0.29, 0.717) is 22.9 Å². The maximum Gasteiger partial charge on any atom is 0.337 e. The van der Waals surface area contributed by atoms with E-state index in [9.17, 15) is 13.2 Å². The first kappa shape index (κ1) is 21.7. The molecule has 0 aliphatic carbocycles. The van der Waals surface area contributed by atoms with E-state index >= 15 is 0 Å². The number of ether oxygens (including phenoxy) is 1. The number of hydrogen-bond acceptors (Lipinski definition) is 7. The summed E-state index contributed by atoms with van der Waals surface area (Å²) in [6.07, 6.45) is 0. The topological polar surface area (TPSA) is 111 Å². The molecule has 0 saturated carbocycles. The number of methoxy groups -OCH3 is 1. The number of carbonyl (C=O) groups is 1. The Morgan fingerprint density at radius 2 is 1.77 bits per heavy atom. The fourth-order valence-corrected chi connectivity index (χ4v) is 3.83. The smallest absolute Gasteiger partial charge is 0.337 e. The molecule has 2 aromatic carbocycles. The highest BCUT2D eigenvalue weighted by Crippen LogP contribution is 2.20. The first-order valence-electron chi connectivity index (χ1n) is 9.35. The number of carbonyl (C=O) groups excluding carboxylic acids is 1. The molecule has 0 atom stereocenters. The third kappa shape index (κ3) is 5.52. The van der Waals surface area contributed by atoms with E-state index in [-0.39, 0.29) is 18.2 Å². The van der Waals surface area contributed by atoms with Gasteiger partial charge in [0, 0.05) is 5.56 Å². The van der Waals surface area contributed by atoms with Crippen molar-refractivity contribution in [1.82, 2.24) is 14.9 Å². The van der Waals surface area contributed by atoms with Gasteiger partial charge in [0.15, 0.2) is 0 Å². The molecule has 3 rings (SSSR count). The molecule has 158 valence electrons. The van der Waals surface area contributed by atoms with Gasteiger partial charge in [-0.3, -0.25) is 0 Å². The lowest BCUT2D eigenvalue weighted by molar-refractivity contribution is 0.0600. The Morgan fingerprint density at radius 3 is 2.37 bits per heavy atom. The quantitative estimate of drug-likeness (QED) is 0.547. The molecule has 0 aliphatic heterocycles. The molecule has 1 N–H and O–H groups in total. The molecule has 1 heterocycles. The number of esters is 1. The molecule has 9 heteroatoms. The van der Waals surface area contributed by atoms with Gasteiger partial charge in [-0.25, -0.2) is 17.9 Å². The Bertz CT molecular complexity index is 1100. The monoisotopic (exact) mass is 429 g/mol. The predicted octanol–water partition coefficient (Wildman–Crippen LogP) is 3.27. The molecule has 8 nitrogen and oxygen atoms in total. The predicted molar refractivity (Wildman–Crippen MR) is 111 cm³/mol. The Hall–Kier alpha value is -3.04. The van der Waals surface area contributed by atoms with Crippen LogP contribution in [-0.4, -0.2) is 31.6 Å².